The third kappa shape index (κ3) is 5.25. The fourth-order valence-corrected chi connectivity index (χ4v) is 4.23. The molecule has 0 aromatic heterocycles. The second-order valence-electron chi connectivity index (χ2n) is 7.88. The van der Waals surface area contributed by atoms with Crippen molar-refractivity contribution in [2.45, 2.75) is 27.2 Å². The van der Waals surface area contributed by atoms with Crippen LogP contribution in [0.4, 0.5) is 5.69 Å². The molecule has 30 heavy (non-hydrogen) atoms. The number of phenolic OH excluding ortho intramolecular Hbond substituents is 1. The first-order valence-corrected chi connectivity index (χ1v) is 10.5. The average Bonchev–Trinajstić information content (AvgIpc) is 3.07. The van der Waals surface area contributed by atoms with Crippen LogP contribution in [-0.2, 0) is 6.42 Å². The lowest BCUT2D eigenvalue weighted by Crippen LogP contribution is -2.33. The molecule has 0 unspecified atom stereocenters. The van der Waals surface area contributed by atoms with Crippen LogP contribution in [0, 0.1) is 16.7 Å². The Morgan fingerprint density at radius 2 is 1.93 bits per heavy atom. The second-order valence-corrected chi connectivity index (χ2v) is 9.15. The summed E-state index contributed by atoms with van der Waals surface area (Å²) in [6.45, 7) is 6.62. The molecule has 2 N–H and O–H groups in total. The number of carbonyl (C=O) groups is 1. The number of nitrogens with zero attached hydrogens (tertiary/aromatic N) is 2. The molecule has 0 saturated carbocycles. The Morgan fingerprint density at radius 1 is 1.23 bits per heavy atom. The molecule has 0 atom stereocenters. The van der Waals surface area contributed by atoms with Gasteiger partial charge in [-0.25, -0.2) is 0 Å². The van der Waals surface area contributed by atoms with Crippen molar-refractivity contribution in [3.05, 3.63) is 81.9 Å². The lowest BCUT2D eigenvalue weighted by Gasteiger charge is -2.25. The minimum atomic E-state index is -0.306. The largest absolute Gasteiger partial charge is 0.507 e. The lowest BCUT2D eigenvalue weighted by atomic mass is 9.93. The number of nitriles is 1. The molecule has 5 nitrogen and oxygen atoms in total. The highest BCUT2D eigenvalue weighted by molar-refractivity contribution is 8.07. The smallest absolute Gasteiger partial charge is 0.255 e. The second kappa shape index (κ2) is 9.10. The maximum atomic E-state index is 12.4. The summed E-state index contributed by atoms with van der Waals surface area (Å²) in [5.41, 5.74) is 1.99. The molecule has 2 aromatic carbocycles. The van der Waals surface area contributed by atoms with E-state index >= 15 is 0 Å². The van der Waals surface area contributed by atoms with Gasteiger partial charge in [0.05, 0.1) is 23.1 Å². The topological polar surface area (TPSA) is 76.4 Å². The predicted octanol–water partition coefficient (Wildman–Crippen LogP) is 5.17. The number of carbonyl (C=O) groups excluding carboxylic acids is 1. The summed E-state index contributed by atoms with van der Waals surface area (Å²) in [5, 5.41) is 22.7. The molecule has 0 bridgehead atoms. The zero-order valence-electron chi connectivity index (χ0n) is 17.3. The van der Waals surface area contributed by atoms with Gasteiger partial charge in [-0.15, -0.1) is 0 Å². The maximum absolute atomic E-state index is 12.4. The molecule has 6 heteroatoms. The van der Waals surface area contributed by atoms with Crippen molar-refractivity contribution in [3.63, 3.8) is 0 Å². The lowest BCUT2D eigenvalue weighted by molar-refractivity contribution is 0.0940. The summed E-state index contributed by atoms with van der Waals surface area (Å²) in [4.78, 5) is 15.7. The number of phenols is 1. The molecule has 2 aromatic rings. The van der Waals surface area contributed by atoms with Crippen LogP contribution in [0.1, 0.15) is 36.7 Å². The van der Waals surface area contributed by atoms with Crippen molar-refractivity contribution >= 4 is 23.4 Å². The molecule has 1 amide bonds. The number of hydrogen-bond acceptors (Lipinski definition) is 5. The molecule has 0 aliphatic carbocycles. The van der Waals surface area contributed by atoms with E-state index in [-0.39, 0.29) is 22.6 Å². The number of para-hydroxylation sites is 1. The highest BCUT2D eigenvalue weighted by Crippen LogP contribution is 2.41. The van der Waals surface area contributed by atoms with Crippen LogP contribution in [0.15, 0.2) is 70.7 Å². The Hall–Kier alpha value is -3.17. The predicted molar refractivity (Wildman–Crippen MR) is 122 cm³/mol. The molecule has 0 fully saturated rings. The number of rotatable bonds is 6. The molecule has 154 valence electrons. The fraction of sp³-hybridized carbons (Fsp3) is 0.250. The van der Waals surface area contributed by atoms with E-state index in [2.05, 4.69) is 49.3 Å². The number of benzene rings is 2. The minimum absolute atomic E-state index is 0.0247. The van der Waals surface area contributed by atoms with E-state index in [1.54, 1.807) is 30.0 Å². The number of hydrogen-bond donors (Lipinski definition) is 2. The van der Waals surface area contributed by atoms with Crippen molar-refractivity contribution in [2.24, 2.45) is 5.41 Å². The van der Waals surface area contributed by atoms with Gasteiger partial charge in [0.1, 0.15) is 5.75 Å². The molecule has 1 aliphatic heterocycles. The zero-order valence-corrected chi connectivity index (χ0v) is 18.2. The van der Waals surface area contributed by atoms with E-state index in [0.29, 0.717) is 13.0 Å². The zero-order chi connectivity index (χ0) is 21.7. The Kier molecular flexibility index (Phi) is 6.53. The van der Waals surface area contributed by atoms with Gasteiger partial charge in [-0.05, 0) is 42.8 Å². The SMILES string of the molecule is CC1=CN(c2ccc(CC#N)cc2)C(=CC(C)(C)CNC(=O)c2ccccc2O)S1. The quantitative estimate of drug-likeness (QED) is 0.675. The summed E-state index contributed by atoms with van der Waals surface area (Å²) in [6.07, 6.45) is 4.64. The van der Waals surface area contributed by atoms with E-state index in [4.69, 9.17) is 5.26 Å². The Morgan fingerprint density at radius 3 is 2.60 bits per heavy atom. The molecule has 0 spiro atoms. The van der Waals surface area contributed by atoms with Crippen molar-refractivity contribution in [3.8, 4) is 11.8 Å². The summed E-state index contributed by atoms with van der Waals surface area (Å²) in [6, 6.07) is 16.7. The number of allylic oxidation sites excluding steroid dienone is 1. The van der Waals surface area contributed by atoms with Gasteiger partial charge in [0.2, 0.25) is 0 Å². The van der Waals surface area contributed by atoms with Gasteiger partial charge >= 0.3 is 0 Å². The van der Waals surface area contributed by atoms with E-state index in [1.165, 1.54) is 11.0 Å². The van der Waals surface area contributed by atoms with E-state index < -0.39 is 0 Å². The third-order valence-corrected chi connectivity index (χ3v) is 5.63. The summed E-state index contributed by atoms with van der Waals surface area (Å²) < 4.78 is 0. The fourth-order valence-electron chi connectivity index (χ4n) is 3.11. The third-order valence-electron chi connectivity index (χ3n) is 4.68. The molecule has 1 heterocycles. The van der Waals surface area contributed by atoms with Gasteiger partial charge in [0.25, 0.3) is 5.91 Å². The Bertz CT molecular complexity index is 1030. The minimum Gasteiger partial charge on any atom is -0.507 e. The highest BCUT2D eigenvalue weighted by Gasteiger charge is 2.24. The summed E-state index contributed by atoms with van der Waals surface area (Å²) in [5.74, 6) is -0.318. The Labute approximate surface area is 181 Å². The molecule has 0 saturated heterocycles. The molecule has 1 aliphatic rings. The van der Waals surface area contributed by atoms with Crippen LogP contribution >= 0.6 is 11.8 Å². The number of aromatic hydroxyl groups is 1. The molecule has 3 rings (SSSR count). The normalized spacial score (nSPS) is 15.1. The van der Waals surface area contributed by atoms with Crippen LogP contribution in [0.3, 0.4) is 0 Å². The van der Waals surface area contributed by atoms with Crippen molar-refractivity contribution in [1.29, 1.82) is 5.26 Å². The van der Waals surface area contributed by atoms with Crippen LogP contribution in [0.25, 0.3) is 0 Å². The van der Waals surface area contributed by atoms with Crippen LogP contribution in [-0.4, -0.2) is 17.6 Å². The van der Waals surface area contributed by atoms with E-state index in [1.807, 2.05) is 24.3 Å². The van der Waals surface area contributed by atoms with Crippen molar-refractivity contribution < 1.29 is 9.90 Å². The van der Waals surface area contributed by atoms with Gasteiger partial charge in [0, 0.05) is 28.8 Å². The van der Waals surface area contributed by atoms with Gasteiger partial charge in [0.15, 0.2) is 0 Å². The van der Waals surface area contributed by atoms with Crippen LogP contribution < -0.4 is 10.2 Å². The number of amides is 1. The highest BCUT2D eigenvalue weighted by atomic mass is 32.2. The first kappa shape index (κ1) is 21.5. The number of nitrogens with one attached hydrogen (secondary N) is 1. The van der Waals surface area contributed by atoms with Gasteiger partial charge in [-0.2, -0.15) is 5.26 Å². The van der Waals surface area contributed by atoms with Crippen molar-refractivity contribution in [2.75, 3.05) is 11.4 Å². The van der Waals surface area contributed by atoms with Crippen LogP contribution in [0.2, 0.25) is 0 Å². The monoisotopic (exact) mass is 419 g/mol. The summed E-state index contributed by atoms with van der Waals surface area (Å²) >= 11 is 1.69. The maximum Gasteiger partial charge on any atom is 0.255 e. The van der Waals surface area contributed by atoms with Gasteiger partial charge in [-0.1, -0.05) is 49.9 Å². The standard InChI is InChI=1S/C24H25N3O2S/c1-17-15-27(19-10-8-18(9-11-19)12-13-25)22(30-17)14-24(2,3)16-26-23(29)20-6-4-5-7-21(20)28/h4-11,14-15,28H,12,16H2,1-3H3,(H,26,29). The number of thioether (sulfide) groups is 1. The van der Waals surface area contributed by atoms with Gasteiger partial charge in [-0.3, -0.25) is 4.79 Å². The van der Waals surface area contributed by atoms with Crippen molar-refractivity contribution in [1.82, 2.24) is 5.32 Å². The number of anilines is 1. The first-order valence-electron chi connectivity index (χ1n) is 9.69. The van der Waals surface area contributed by atoms with E-state index in [9.17, 15) is 9.90 Å². The molecular weight excluding hydrogens is 394 g/mol. The van der Waals surface area contributed by atoms with E-state index in [0.717, 1.165) is 16.3 Å². The molecule has 0 radical (unpaired) electrons. The van der Waals surface area contributed by atoms with Gasteiger partial charge < -0.3 is 15.3 Å². The first-order chi connectivity index (χ1) is 14.3. The Balaban J connectivity index is 1.73. The summed E-state index contributed by atoms with van der Waals surface area (Å²) in [7, 11) is 0. The average molecular weight is 420 g/mol. The molecular formula is C24H25N3O2S. The van der Waals surface area contributed by atoms with Crippen LogP contribution in [0.5, 0.6) is 5.75 Å².